The van der Waals surface area contributed by atoms with E-state index in [2.05, 4.69) is 65.8 Å². The van der Waals surface area contributed by atoms with Crippen molar-refractivity contribution in [2.75, 3.05) is 13.2 Å². The van der Waals surface area contributed by atoms with Gasteiger partial charge in [0.25, 0.3) is 0 Å². The minimum absolute atomic E-state index is 0.640. The molecule has 0 amide bonds. The second kappa shape index (κ2) is 26.0. The monoisotopic (exact) mass is 970 g/mol. The van der Waals surface area contributed by atoms with E-state index in [9.17, 15) is 0 Å². The average molecular weight is 972 g/mol. The Morgan fingerprint density at radius 2 is 0.877 bits per heavy atom. The van der Waals surface area contributed by atoms with Crippen molar-refractivity contribution in [3.8, 4) is 42.3 Å². The van der Waals surface area contributed by atoms with Crippen LogP contribution in [0.2, 0.25) is 0 Å². The Balaban J connectivity index is 1.30. The van der Waals surface area contributed by atoms with Crippen LogP contribution in [0.5, 0.6) is 11.5 Å². The third kappa shape index (κ3) is 12.8. The number of benzene rings is 2. The number of aryl methyl sites for hydroxylation is 4. The molecule has 6 nitrogen and oxygen atoms in total. The topological polar surface area (TPSA) is 70.0 Å². The van der Waals surface area contributed by atoms with Gasteiger partial charge in [0.05, 0.1) is 66.4 Å². The zero-order valence-corrected chi connectivity index (χ0v) is 44.4. The summed E-state index contributed by atoms with van der Waals surface area (Å²) in [5.41, 5.74) is 9.20. The number of unbranched alkanes of at least 4 members (excludes halogenated alkanes) is 18. The van der Waals surface area contributed by atoms with Gasteiger partial charge in [-0.2, -0.15) is 8.75 Å². The Hall–Kier alpha value is -2.96. The van der Waals surface area contributed by atoms with Gasteiger partial charge in [0, 0.05) is 14.6 Å². The van der Waals surface area contributed by atoms with E-state index in [4.69, 9.17) is 28.2 Å². The maximum absolute atomic E-state index is 7.05. The van der Waals surface area contributed by atoms with Crippen LogP contribution in [-0.2, 0) is 12.8 Å². The van der Waals surface area contributed by atoms with Crippen LogP contribution in [0.25, 0.3) is 62.2 Å². The number of nitrogens with zero attached hydrogens (tertiary/aromatic N) is 4. The highest BCUT2D eigenvalue weighted by Crippen LogP contribution is 2.54. The molecule has 65 heavy (non-hydrogen) atoms. The van der Waals surface area contributed by atoms with Gasteiger partial charge >= 0.3 is 0 Å². The SMILES string of the molecule is CCCCCCCCOc1c(OCCCCCCCC)c(-c2ccc(-c3nc4c(CCCCCCC)c(CCCCCCC)c5nc(C)sc5c4s3)s2)c2nsnc2c1-c1ccc(C)s1. The van der Waals surface area contributed by atoms with E-state index in [1.54, 1.807) is 22.7 Å². The number of thiophene rings is 2. The lowest BCUT2D eigenvalue weighted by molar-refractivity contribution is 0.260. The first kappa shape index (κ1) is 49.9. The Labute approximate surface area is 410 Å². The first-order valence-electron chi connectivity index (χ1n) is 25.4. The number of fused-ring (bicyclic) bond motifs is 4. The normalized spacial score (nSPS) is 11.9. The van der Waals surface area contributed by atoms with Crippen LogP contribution in [0, 0.1) is 13.8 Å². The summed E-state index contributed by atoms with van der Waals surface area (Å²) < 4.78 is 26.8. The summed E-state index contributed by atoms with van der Waals surface area (Å²) in [6, 6.07) is 8.97. The summed E-state index contributed by atoms with van der Waals surface area (Å²) in [5.74, 6) is 1.64. The minimum atomic E-state index is 0.640. The van der Waals surface area contributed by atoms with Crippen molar-refractivity contribution >= 4 is 88.5 Å². The van der Waals surface area contributed by atoms with Crippen molar-refractivity contribution in [2.45, 2.75) is 196 Å². The molecule has 0 fully saturated rings. The third-order valence-electron chi connectivity index (χ3n) is 12.7. The van der Waals surface area contributed by atoms with E-state index in [1.165, 1.54) is 175 Å². The predicted molar refractivity (Wildman–Crippen MR) is 288 cm³/mol. The molecule has 0 N–H and O–H groups in total. The molecule has 0 aliphatic rings. The Morgan fingerprint density at radius 1 is 0.431 bits per heavy atom. The van der Waals surface area contributed by atoms with Crippen molar-refractivity contribution in [3.05, 3.63) is 45.3 Å². The van der Waals surface area contributed by atoms with Gasteiger partial charge in [0.2, 0.25) is 0 Å². The number of hydrogen-bond acceptors (Lipinski definition) is 11. The molecule has 0 saturated carbocycles. The third-order valence-corrected chi connectivity index (χ3v) is 17.7. The molecule has 0 spiro atoms. The van der Waals surface area contributed by atoms with Gasteiger partial charge in [-0.05, 0) is 87.8 Å². The highest BCUT2D eigenvalue weighted by atomic mass is 32.1. The summed E-state index contributed by atoms with van der Waals surface area (Å²) in [4.78, 5) is 15.6. The highest BCUT2D eigenvalue weighted by Gasteiger charge is 2.29. The zero-order chi connectivity index (χ0) is 45.4. The van der Waals surface area contributed by atoms with E-state index in [-0.39, 0.29) is 0 Å². The Morgan fingerprint density at radius 3 is 1.40 bits per heavy atom. The summed E-state index contributed by atoms with van der Waals surface area (Å²) in [6.07, 6.45) is 29.4. The maximum atomic E-state index is 7.05. The zero-order valence-electron chi connectivity index (χ0n) is 40.3. The fourth-order valence-corrected chi connectivity index (χ4v) is 13.9. The Kier molecular flexibility index (Phi) is 20.0. The van der Waals surface area contributed by atoms with Crippen LogP contribution in [0.15, 0.2) is 24.3 Å². The van der Waals surface area contributed by atoms with Gasteiger partial charge in [-0.25, -0.2) is 9.97 Å². The van der Waals surface area contributed by atoms with Crippen LogP contribution in [0.3, 0.4) is 0 Å². The quantitative estimate of drug-likeness (QED) is 0.0404. The number of aromatic nitrogens is 4. The predicted octanol–water partition coefficient (Wildman–Crippen LogP) is 19.2. The smallest absolute Gasteiger partial charge is 0.172 e. The molecule has 0 radical (unpaired) electrons. The number of hydrogen-bond donors (Lipinski definition) is 0. The van der Waals surface area contributed by atoms with Gasteiger partial charge in [0.15, 0.2) is 11.5 Å². The molecule has 11 heteroatoms. The van der Waals surface area contributed by atoms with Crippen molar-refractivity contribution in [1.29, 1.82) is 0 Å². The van der Waals surface area contributed by atoms with E-state index in [0.29, 0.717) is 13.2 Å². The fourth-order valence-electron chi connectivity index (χ4n) is 9.17. The summed E-state index contributed by atoms with van der Waals surface area (Å²) >= 11 is 8.59. The number of ether oxygens (including phenoxy) is 2. The van der Waals surface area contributed by atoms with Crippen LogP contribution in [0.4, 0.5) is 0 Å². The van der Waals surface area contributed by atoms with Crippen molar-refractivity contribution in [2.24, 2.45) is 0 Å². The fraction of sp³-hybridized carbons (Fsp3) is 0.593. The lowest BCUT2D eigenvalue weighted by Gasteiger charge is -2.20. The number of rotatable bonds is 31. The van der Waals surface area contributed by atoms with Gasteiger partial charge < -0.3 is 9.47 Å². The Bertz CT molecular complexity index is 2520. The molecule has 0 aliphatic carbocycles. The van der Waals surface area contributed by atoms with Crippen LogP contribution < -0.4 is 9.47 Å². The van der Waals surface area contributed by atoms with Crippen molar-refractivity contribution < 1.29 is 9.47 Å². The van der Waals surface area contributed by atoms with Crippen molar-refractivity contribution in [1.82, 2.24) is 18.7 Å². The first-order chi connectivity index (χ1) is 32.0. The molecule has 7 aromatic rings. The van der Waals surface area contributed by atoms with Gasteiger partial charge in [-0.3, -0.25) is 0 Å². The largest absolute Gasteiger partial charge is 0.489 e. The van der Waals surface area contributed by atoms with Crippen LogP contribution in [-0.4, -0.2) is 31.9 Å². The molecule has 5 heterocycles. The minimum Gasteiger partial charge on any atom is -0.489 e. The lowest BCUT2D eigenvalue weighted by atomic mass is 9.94. The lowest BCUT2D eigenvalue weighted by Crippen LogP contribution is -2.06. The molecule has 0 atom stereocenters. The van der Waals surface area contributed by atoms with E-state index in [1.807, 2.05) is 22.7 Å². The molecule has 7 rings (SSSR count). The molecule has 0 unspecified atom stereocenters. The molecule has 0 saturated heterocycles. The molecule has 0 bridgehead atoms. The summed E-state index contributed by atoms with van der Waals surface area (Å²) in [7, 11) is 0. The first-order valence-corrected chi connectivity index (χ1v) is 29.4. The molecular formula is C54H74N4O2S5. The molecule has 2 aromatic carbocycles. The maximum Gasteiger partial charge on any atom is 0.172 e. The summed E-state index contributed by atoms with van der Waals surface area (Å²) in [5, 5.41) is 2.23. The van der Waals surface area contributed by atoms with E-state index >= 15 is 0 Å². The number of thiazole rings is 2. The van der Waals surface area contributed by atoms with Crippen LogP contribution >= 0.6 is 57.1 Å². The van der Waals surface area contributed by atoms with Gasteiger partial charge in [0.1, 0.15) is 16.0 Å². The molecule has 5 aromatic heterocycles. The second-order valence-corrected chi connectivity index (χ2v) is 23.2. The molecular weight excluding hydrogens is 897 g/mol. The highest BCUT2D eigenvalue weighted by molar-refractivity contribution is 7.30. The molecule has 0 aliphatic heterocycles. The standard InChI is InChI=1S/C54H74N4O2S5/c1-7-11-15-19-23-27-35-59-50-44(41-32-31-37(5)61-41)48-49(58-65-57-48)45(51(50)60-36-28-24-20-16-12-8-2)42-33-34-43(63-42)54-56-47-40(30-26-22-18-14-10-4)39(29-25-21-17-13-9-3)46-52(53(47)64-54)62-38(6)55-46/h31-34H,7-30,35-36H2,1-6H3. The van der Waals surface area contributed by atoms with Gasteiger partial charge in [-0.1, -0.05) is 143 Å². The van der Waals surface area contributed by atoms with Crippen molar-refractivity contribution in [3.63, 3.8) is 0 Å². The average Bonchev–Trinajstić information content (AvgIpc) is 4.17. The van der Waals surface area contributed by atoms with Crippen LogP contribution in [0.1, 0.15) is 190 Å². The molecule has 352 valence electrons. The second-order valence-electron chi connectivity index (χ2n) is 18.1. The van der Waals surface area contributed by atoms with E-state index < -0.39 is 0 Å². The summed E-state index contributed by atoms with van der Waals surface area (Å²) in [6.45, 7) is 14.8. The van der Waals surface area contributed by atoms with Gasteiger partial charge in [-0.15, -0.1) is 45.3 Å². The van der Waals surface area contributed by atoms with E-state index in [0.717, 1.165) is 85.5 Å².